The average molecular weight is 352 g/mol. The molecular formula is C22H28N2O2. The number of amides is 1. The zero-order chi connectivity index (χ0) is 18.4. The Balaban J connectivity index is 1.70. The molecule has 2 unspecified atom stereocenters. The molecule has 1 saturated heterocycles. The van der Waals surface area contributed by atoms with E-state index in [9.17, 15) is 4.79 Å². The normalized spacial score (nSPS) is 18.2. The number of benzene rings is 2. The minimum Gasteiger partial charge on any atom is -0.377 e. The second kappa shape index (κ2) is 8.97. The predicted octanol–water partition coefficient (Wildman–Crippen LogP) is 3.39. The molecule has 1 aliphatic rings. The monoisotopic (exact) mass is 352 g/mol. The van der Waals surface area contributed by atoms with E-state index in [-0.39, 0.29) is 24.1 Å². The van der Waals surface area contributed by atoms with Gasteiger partial charge in [0, 0.05) is 13.2 Å². The molecule has 138 valence electrons. The summed E-state index contributed by atoms with van der Waals surface area (Å²) in [7, 11) is 1.99. The van der Waals surface area contributed by atoms with Gasteiger partial charge < -0.3 is 10.1 Å². The lowest BCUT2D eigenvalue weighted by molar-refractivity contribution is -0.126. The number of ether oxygens (including phenoxy) is 1. The van der Waals surface area contributed by atoms with Gasteiger partial charge in [-0.3, -0.25) is 9.69 Å². The van der Waals surface area contributed by atoms with Crippen molar-refractivity contribution in [3.8, 4) is 0 Å². The van der Waals surface area contributed by atoms with Crippen molar-refractivity contribution < 1.29 is 9.53 Å². The topological polar surface area (TPSA) is 41.6 Å². The lowest BCUT2D eigenvalue weighted by Crippen LogP contribution is -2.46. The van der Waals surface area contributed by atoms with Gasteiger partial charge in [-0.05, 0) is 37.9 Å². The average Bonchev–Trinajstić information content (AvgIpc) is 3.19. The van der Waals surface area contributed by atoms with Gasteiger partial charge >= 0.3 is 0 Å². The summed E-state index contributed by atoms with van der Waals surface area (Å²) >= 11 is 0. The third kappa shape index (κ3) is 4.71. The fourth-order valence-electron chi connectivity index (χ4n) is 3.38. The standard InChI is InChI=1S/C22H28N2O2/c1-17(24(2)16-20-14-9-15-26-20)22(25)23-21(18-10-5-3-6-11-18)19-12-7-4-8-13-19/h3-8,10-13,17,20-21H,9,14-16H2,1-2H3,(H,23,25). The number of rotatable bonds is 7. The van der Waals surface area contributed by atoms with Crippen molar-refractivity contribution in [3.05, 3.63) is 71.8 Å². The fourth-order valence-corrected chi connectivity index (χ4v) is 3.38. The Morgan fingerprint density at radius 2 is 1.69 bits per heavy atom. The van der Waals surface area contributed by atoms with Crippen molar-refractivity contribution in [2.75, 3.05) is 20.2 Å². The smallest absolute Gasteiger partial charge is 0.237 e. The number of carbonyl (C=O) groups excluding carboxylic acids is 1. The summed E-state index contributed by atoms with van der Waals surface area (Å²) in [6.07, 6.45) is 2.44. The van der Waals surface area contributed by atoms with Crippen LogP contribution < -0.4 is 5.32 Å². The van der Waals surface area contributed by atoms with Gasteiger partial charge in [-0.25, -0.2) is 0 Å². The van der Waals surface area contributed by atoms with E-state index in [1.54, 1.807) is 0 Å². The predicted molar refractivity (Wildman–Crippen MR) is 104 cm³/mol. The lowest BCUT2D eigenvalue weighted by atomic mass is 9.98. The van der Waals surface area contributed by atoms with Gasteiger partial charge in [0.2, 0.25) is 5.91 Å². The molecule has 1 aliphatic heterocycles. The Kier molecular flexibility index (Phi) is 6.42. The molecule has 0 bridgehead atoms. The molecule has 3 rings (SSSR count). The van der Waals surface area contributed by atoms with Gasteiger partial charge in [0.15, 0.2) is 0 Å². The molecular weight excluding hydrogens is 324 g/mol. The molecule has 1 heterocycles. The first-order valence-corrected chi connectivity index (χ1v) is 9.37. The van der Waals surface area contributed by atoms with Crippen molar-refractivity contribution in [3.63, 3.8) is 0 Å². The SMILES string of the molecule is CC(C(=O)NC(c1ccccc1)c1ccccc1)N(C)CC1CCCO1. The Hall–Kier alpha value is -2.17. The van der Waals surface area contributed by atoms with Crippen molar-refractivity contribution in [2.24, 2.45) is 0 Å². The van der Waals surface area contributed by atoms with Crippen LogP contribution >= 0.6 is 0 Å². The lowest BCUT2D eigenvalue weighted by Gasteiger charge is -2.28. The second-order valence-corrected chi connectivity index (χ2v) is 7.01. The fraction of sp³-hybridized carbons (Fsp3) is 0.409. The van der Waals surface area contributed by atoms with Gasteiger partial charge in [-0.1, -0.05) is 60.7 Å². The number of carbonyl (C=O) groups is 1. The van der Waals surface area contributed by atoms with E-state index in [4.69, 9.17) is 4.74 Å². The summed E-state index contributed by atoms with van der Waals surface area (Å²) < 4.78 is 5.70. The van der Waals surface area contributed by atoms with E-state index in [0.717, 1.165) is 37.1 Å². The van der Waals surface area contributed by atoms with Gasteiger partial charge in [-0.15, -0.1) is 0 Å². The molecule has 0 saturated carbocycles. The maximum absolute atomic E-state index is 12.9. The number of hydrogen-bond acceptors (Lipinski definition) is 3. The maximum Gasteiger partial charge on any atom is 0.237 e. The van der Waals surface area contributed by atoms with Gasteiger partial charge in [-0.2, -0.15) is 0 Å². The highest BCUT2D eigenvalue weighted by Crippen LogP contribution is 2.22. The zero-order valence-corrected chi connectivity index (χ0v) is 15.6. The van der Waals surface area contributed by atoms with Crippen molar-refractivity contribution in [1.29, 1.82) is 0 Å². The van der Waals surface area contributed by atoms with Crippen LogP contribution in [0.4, 0.5) is 0 Å². The molecule has 4 nitrogen and oxygen atoms in total. The van der Waals surface area contributed by atoms with E-state index in [1.165, 1.54) is 0 Å². The van der Waals surface area contributed by atoms with Crippen molar-refractivity contribution >= 4 is 5.91 Å². The third-order valence-electron chi connectivity index (χ3n) is 5.11. The van der Waals surface area contributed by atoms with Crippen LogP contribution in [0, 0.1) is 0 Å². The summed E-state index contributed by atoms with van der Waals surface area (Å²) in [4.78, 5) is 15.0. The van der Waals surface area contributed by atoms with Gasteiger partial charge in [0.25, 0.3) is 0 Å². The molecule has 1 fully saturated rings. The molecule has 2 aromatic carbocycles. The number of nitrogens with one attached hydrogen (secondary N) is 1. The van der Waals surface area contributed by atoms with Crippen molar-refractivity contribution in [2.45, 2.75) is 38.0 Å². The number of likely N-dealkylation sites (N-methyl/N-ethyl adjacent to an activating group) is 1. The van der Waals surface area contributed by atoms with Crippen molar-refractivity contribution in [1.82, 2.24) is 10.2 Å². The molecule has 2 atom stereocenters. The number of nitrogens with zero attached hydrogens (tertiary/aromatic N) is 1. The maximum atomic E-state index is 12.9. The largest absolute Gasteiger partial charge is 0.377 e. The summed E-state index contributed by atoms with van der Waals surface area (Å²) in [6.45, 7) is 3.58. The molecule has 0 radical (unpaired) electrons. The highest BCUT2D eigenvalue weighted by atomic mass is 16.5. The molecule has 0 aliphatic carbocycles. The quantitative estimate of drug-likeness (QED) is 0.830. The first-order chi connectivity index (χ1) is 12.6. The van der Waals surface area contributed by atoms with Crippen LogP contribution in [0.3, 0.4) is 0 Å². The second-order valence-electron chi connectivity index (χ2n) is 7.01. The Labute approximate surface area is 156 Å². The van der Waals surface area contributed by atoms with E-state index < -0.39 is 0 Å². The zero-order valence-electron chi connectivity index (χ0n) is 15.6. The van der Waals surface area contributed by atoms with Crippen LogP contribution in [0.25, 0.3) is 0 Å². The third-order valence-corrected chi connectivity index (χ3v) is 5.11. The highest BCUT2D eigenvalue weighted by Gasteiger charge is 2.26. The Morgan fingerprint density at radius 3 is 2.19 bits per heavy atom. The Morgan fingerprint density at radius 1 is 1.12 bits per heavy atom. The van der Waals surface area contributed by atoms with Gasteiger partial charge in [0.05, 0.1) is 18.2 Å². The number of hydrogen-bond donors (Lipinski definition) is 1. The van der Waals surface area contributed by atoms with E-state index >= 15 is 0 Å². The first kappa shape index (κ1) is 18.6. The summed E-state index contributed by atoms with van der Waals surface area (Å²) in [5.74, 6) is 0.0307. The highest BCUT2D eigenvalue weighted by molar-refractivity contribution is 5.82. The molecule has 0 spiro atoms. The molecule has 1 amide bonds. The minimum absolute atomic E-state index is 0.0307. The van der Waals surface area contributed by atoms with Crippen LogP contribution in [0.15, 0.2) is 60.7 Å². The van der Waals surface area contributed by atoms with Crippen LogP contribution in [-0.4, -0.2) is 43.2 Å². The molecule has 26 heavy (non-hydrogen) atoms. The van der Waals surface area contributed by atoms with Crippen LogP contribution in [0.5, 0.6) is 0 Å². The van der Waals surface area contributed by atoms with Crippen LogP contribution in [0.1, 0.15) is 36.9 Å². The summed E-state index contributed by atoms with van der Waals surface area (Å²) in [5.41, 5.74) is 2.17. The Bertz CT molecular complexity index is 644. The van der Waals surface area contributed by atoms with E-state index in [1.807, 2.05) is 50.4 Å². The van der Waals surface area contributed by atoms with Gasteiger partial charge in [0.1, 0.15) is 0 Å². The molecule has 4 heteroatoms. The molecule has 2 aromatic rings. The molecule has 0 aromatic heterocycles. The first-order valence-electron chi connectivity index (χ1n) is 9.37. The summed E-state index contributed by atoms with van der Waals surface area (Å²) in [5, 5.41) is 3.23. The molecule has 1 N–H and O–H groups in total. The van der Waals surface area contributed by atoms with E-state index in [0.29, 0.717) is 0 Å². The minimum atomic E-state index is -0.214. The summed E-state index contributed by atoms with van der Waals surface area (Å²) in [6, 6.07) is 19.9. The van der Waals surface area contributed by atoms with Crippen LogP contribution in [-0.2, 0) is 9.53 Å². The van der Waals surface area contributed by atoms with Crippen LogP contribution in [0.2, 0.25) is 0 Å². The van der Waals surface area contributed by atoms with E-state index in [2.05, 4.69) is 34.5 Å².